The molecule has 5 heteroatoms. The zero-order valence-electron chi connectivity index (χ0n) is 14.9. The fraction of sp³-hybridized carbons (Fsp3) is 0.765. The van der Waals surface area contributed by atoms with E-state index in [1.807, 2.05) is 20.8 Å². The Bertz CT molecular complexity index is 425. The van der Waals surface area contributed by atoms with Gasteiger partial charge in [-0.25, -0.2) is 4.79 Å². The summed E-state index contributed by atoms with van der Waals surface area (Å²) >= 11 is 0. The first-order valence-electron chi connectivity index (χ1n) is 7.43. The predicted molar refractivity (Wildman–Crippen MR) is 85.2 cm³/mol. The lowest BCUT2D eigenvalue weighted by atomic mass is 9.66. The SMILES string of the molecule is C=C(C)C(=O)OCCOC(=O)C(C)(CC(C)(C)C)C(C)(C)O. The minimum Gasteiger partial charge on any atom is -0.462 e. The van der Waals surface area contributed by atoms with Crippen LogP contribution in [0.5, 0.6) is 0 Å². The van der Waals surface area contributed by atoms with Crippen LogP contribution < -0.4 is 0 Å². The maximum absolute atomic E-state index is 12.4. The summed E-state index contributed by atoms with van der Waals surface area (Å²) < 4.78 is 10.1. The zero-order chi connectivity index (χ0) is 17.8. The van der Waals surface area contributed by atoms with Crippen molar-refractivity contribution >= 4 is 11.9 Å². The molecule has 0 aliphatic heterocycles. The first-order chi connectivity index (χ1) is 9.71. The summed E-state index contributed by atoms with van der Waals surface area (Å²) in [5.74, 6) is -1.02. The molecular formula is C17H30O5. The summed E-state index contributed by atoms with van der Waals surface area (Å²) in [6, 6.07) is 0. The van der Waals surface area contributed by atoms with Crippen LogP contribution in [0.3, 0.4) is 0 Å². The normalized spacial score (nSPS) is 14.9. The fourth-order valence-corrected chi connectivity index (χ4v) is 2.15. The monoisotopic (exact) mass is 314 g/mol. The number of ether oxygens (including phenoxy) is 2. The van der Waals surface area contributed by atoms with E-state index in [9.17, 15) is 14.7 Å². The van der Waals surface area contributed by atoms with Gasteiger partial charge in [-0.05, 0) is 39.5 Å². The highest BCUT2D eigenvalue weighted by Gasteiger charge is 2.49. The van der Waals surface area contributed by atoms with Crippen molar-refractivity contribution in [2.75, 3.05) is 13.2 Å². The summed E-state index contributed by atoms with van der Waals surface area (Å²) in [6.07, 6.45) is 0.466. The van der Waals surface area contributed by atoms with Crippen molar-refractivity contribution in [2.45, 2.75) is 60.5 Å². The number of aliphatic hydroxyl groups is 1. The molecular weight excluding hydrogens is 284 g/mol. The third-order valence-electron chi connectivity index (χ3n) is 3.58. The lowest BCUT2D eigenvalue weighted by Gasteiger charge is -2.42. The lowest BCUT2D eigenvalue weighted by Crippen LogP contribution is -2.50. The third-order valence-corrected chi connectivity index (χ3v) is 3.58. The quantitative estimate of drug-likeness (QED) is 0.444. The van der Waals surface area contributed by atoms with E-state index in [-0.39, 0.29) is 18.6 Å². The van der Waals surface area contributed by atoms with Crippen molar-refractivity contribution in [1.29, 1.82) is 0 Å². The van der Waals surface area contributed by atoms with Gasteiger partial charge in [-0.1, -0.05) is 27.4 Å². The Kier molecular flexibility index (Phi) is 6.82. The number of esters is 2. The minimum absolute atomic E-state index is 0.0328. The minimum atomic E-state index is -1.23. The zero-order valence-corrected chi connectivity index (χ0v) is 14.9. The van der Waals surface area contributed by atoms with Crippen LogP contribution in [-0.4, -0.2) is 35.9 Å². The number of carbonyl (C=O) groups excluding carboxylic acids is 2. The molecule has 0 fully saturated rings. The van der Waals surface area contributed by atoms with Crippen LogP contribution >= 0.6 is 0 Å². The Labute approximate surface area is 133 Å². The van der Waals surface area contributed by atoms with Gasteiger partial charge in [-0.3, -0.25) is 4.79 Å². The Morgan fingerprint density at radius 3 is 1.82 bits per heavy atom. The van der Waals surface area contributed by atoms with Crippen LogP contribution in [-0.2, 0) is 19.1 Å². The van der Waals surface area contributed by atoms with Crippen LogP contribution in [0.1, 0.15) is 54.9 Å². The molecule has 0 aliphatic rings. The van der Waals surface area contributed by atoms with Gasteiger partial charge in [0.25, 0.3) is 0 Å². The molecule has 0 spiro atoms. The molecule has 0 heterocycles. The summed E-state index contributed by atoms with van der Waals surface area (Å²) in [4.78, 5) is 23.7. The standard InChI is InChI=1S/C17H30O5/c1-12(2)13(18)21-9-10-22-14(19)17(8,16(6,7)20)11-15(3,4)5/h20H,1,9-11H2,2-8H3. The Balaban J connectivity index is 4.74. The highest BCUT2D eigenvalue weighted by molar-refractivity contribution is 5.86. The number of carbonyl (C=O) groups is 2. The molecule has 0 aromatic rings. The highest BCUT2D eigenvalue weighted by atomic mass is 16.6. The Morgan fingerprint density at radius 1 is 1.00 bits per heavy atom. The third kappa shape index (κ3) is 6.18. The van der Waals surface area contributed by atoms with E-state index in [0.29, 0.717) is 12.0 Å². The van der Waals surface area contributed by atoms with Gasteiger partial charge in [-0.2, -0.15) is 0 Å². The van der Waals surface area contributed by atoms with E-state index < -0.39 is 23.0 Å². The molecule has 0 radical (unpaired) electrons. The second-order valence-electron chi connectivity index (χ2n) is 7.68. The number of rotatable bonds is 7. The van der Waals surface area contributed by atoms with E-state index in [4.69, 9.17) is 9.47 Å². The van der Waals surface area contributed by atoms with Gasteiger partial charge in [0.2, 0.25) is 0 Å². The first-order valence-corrected chi connectivity index (χ1v) is 7.43. The molecule has 128 valence electrons. The number of hydrogen-bond donors (Lipinski definition) is 1. The van der Waals surface area contributed by atoms with Crippen molar-refractivity contribution in [3.63, 3.8) is 0 Å². The van der Waals surface area contributed by atoms with Gasteiger partial charge < -0.3 is 14.6 Å². The molecule has 0 saturated carbocycles. The van der Waals surface area contributed by atoms with Crippen LogP contribution in [0.15, 0.2) is 12.2 Å². The highest BCUT2D eigenvalue weighted by Crippen LogP contribution is 2.42. The summed E-state index contributed by atoms with van der Waals surface area (Å²) in [5, 5.41) is 10.4. The van der Waals surface area contributed by atoms with E-state index in [2.05, 4.69) is 6.58 Å². The molecule has 0 aliphatic carbocycles. The molecule has 22 heavy (non-hydrogen) atoms. The number of hydrogen-bond acceptors (Lipinski definition) is 5. The fourth-order valence-electron chi connectivity index (χ4n) is 2.15. The van der Waals surface area contributed by atoms with E-state index >= 15 is 0 Å². The Hall–Kier alpha value is -1.36. The maximum Gasteiger partial charge on any atom is 0.333 e. The topological polar surface area (TPSA) is 72.8 Å². The molecule has 0 amide bonds. The summed E-state index contributed by atoms with van der Waals surface area (Å²) in [7, 11) is 0. The van der Waals surface area contributed by atoms with Crippen molar-refractivity contribution in [3.8, 4) is 0 Å². The van der Waals surface area contributed by atoms with Gasteiger partial charge in [0.05, 0.1) is 11.0 Å². The van der Waals surface area contributed by atoms with Crippen molar-refractivity contribution < 1.29 is 24.2 Å². The van der Waals surface area contributed by atoms with Gasteiger partial charge in [0, 0.05) is 5.57 Å². The second-order valence-corrected chi connectivity index (χ2v) is 7.68. The van der Waals surface area contributed by atoms with Gasteiger partial charge in [-0.15, -0.1) is 0 Å². The van der Waals surface area contributed by atoms with Gasteiger partial charge >= 0.3 is 11.9 Å². The van der Waals surface area contributed by atoms with E-state index in [1.165, 1.54) is 0 Å². The smallest absolute Gasteiger partial charge is 0.333 e. The average molecular weight is 314 g/mol. The first kappa shape index (κ1) is 20.6. The van der Waals surface area contributed by atoms with Crippen LogP contribution in [0.25, 0.3) is 0 Å². The molecule has 1 unspecified atom stereocenters. The maximum atomic E-state index is 12.4. The Morgan fingerprint density at radius 2 is 1.45 bits per heavy atom. The molecule has 0 bridgehead atoms. The average Bonchev–Trinajstić information content (AvgIpc) is 2.30. The van der Waals surface area contributed by atoms with Crippen LogP contribution in [0, 0.1) is 10.8 Å². The van der Waals surface area contributed by atoms with E-state index in [0.717, 1.165) is 0 Å². The summed E-state index contributed by atoms with van der Waals surface area (Å²) in [6.45, 7) is 15.8. The molecule has 1 N–H and O–H groups in total. The van der Waals surface area contributed by atoms with Crippen molar-refractivity contribution in [1.82, 2.24) is 0 Å². The van der Waals surface area contributed by atoms with Crippen LogP contribution in [0.2, 0.25) is 0 Å². The molecule has 0 saturated heterocycles. The summed E-state index contributed by atoms with van der Waals surface area (Å²) in [5.41, 5.74) is -2.14. The predicted octanol–water partition coefficient (Wildman–Crippen LogP) is 2.86. The van der Waals surface area contributed by atoms with Gasteiger partial charge in [0.1, 0.15) is 13.2 Å². The van der Waals surface area contributed by atoms with Crippen molar-refractivity contribution in [3.05, 3.63) is 12.2 Å². The van der Waals surface area contributed by atoms with Crippen molar-refractivity contribution in [2.24, 2.45) is 10.8 Å². The molecule has 5 nitrogen and oxygen atoms in total. The lowest BCUT2D eigenvalue weighted by molar-refractivity contribution is -0.176. The molecule has 1 atom stereocenters. The van der Waals surface area contributed by atoms with Crippen LogP contribution in [0.4, 0.5) is 0 Å². The molecule has 0 aromatic heterocycles. The second kappa shape index (κ2) is 7.27. The molecule has 0 aromatic carbocycles. The largest absolute Gasteiger partial charge is 0.462 e. The van der Waals surface area contributed by atoms with Gasteiger partial charge in [0.15, 0.2) is 0 Å². The molecule has 0 rings (SSSR count). The van der Waals surface area contributed by atoms with E-state index in [1.54, 1.807) is 27.7 Å².